The van der Waals surface area contributed by atoms with Gasteiger partial charge in [-0.1, -0.05) is 75.4 Å². The van der Waals surface area contributed by atoms with Crippen LogP contribution in [0.5, 0.6) is 0 Å². The van der Waals surface area contributed by atoms with Crippen molar-refractivity contribution in [2.24, 2.45) is 5.41 Å². The van der Waals surface area contributed by atoms with Crippen LogP contribution in [0.3, 0.4) is 0 Å². The van der Waals surface area contributed by atoms with E-state index in [1.807, 2.05) is 51.1 Å². The Labute approximate surface area is 228 Å². The number of hydrogen-bond donors (Lipinski definition) is 4. The fourth-order valence-corrected chi connectivity index (χ4v) is 4.13. The van der Waals surface area contributed by atoms with Crippen LogP contribution in [0.1, 0.15) is 39.7 Å². The summed E-state index contributed by atoms with van der Waals surface area (Å²) in [6.45, 7) is 7.04. The number of halogens is 1. The number of amides is 2. The third-order valence-electron chi connectivity index (χ3n) is 6.45. The van der Waals surface area contributed by atoms with Crippen molar-refractivity contribution in [1.82, 2.24) is 10.6 Å². The van der Waals surface area contributed by atoms with Crippen LogP contribution < -0.4 is 16.0 Å². The fraction of sp³-hybridized carbons (Fsp3) is 0.323. The van der Waals surface area contributed by atoms with Crippen LogP contribution >= 0.6 is 0 Å². The molecule has 8 heteroatoms. The van der Waals surface area contributed by atoms with E-state index in [4.69, 9.17) is 0 Å². The van der Waals surface area contributed by atoms with E-state index >= 15 is 0 Å². The van der Waals surface area contributed by atoms with Crippen LogP contribution in [-0.4, -0.2) is 41.0 Å². The van der Waals surface area contributed by atoms with Crippen LogP contribution in [0.2, 0.25) is 0 Å². The molecule has 0 bridgehead atoms. The lowest BCUT2D eigenvalue weighted by Gasteiger charge is -2.32. The second-order valence-electron chi connectivity index (χ2n) is 10.7. The second-order valence-corrected chi connectivity index (χ2v) is 10.7. The van der Waals surface area contributed by atoms with Crippen LogP contribution in [-0.2, 0) is 20.8 Å². The molecule has 3 aromatic rings. The van der Waals surface area contributed by atoms with E-state index < -0.39 is 35.4 Å². The molecule has 0 fully saturated rings. The molecule has 0 saturated carbocycles. The predicted molar refractivity (Wildman–Crippen MR) is 151 cm³/mol. The SMILES string of the molecule is CC(NC(CCc1ccc(-c2ccc(F)cc2)cc1)C(=O)NC(C(=O)Nc1ccccc1)C(C)(C)C)C(=O)O. The molecule has 0 spiro atoms. The summed E-state index contributed by atoms with van der Waals surface area (Å²) >= 11 is 0. The molecule has 7 nitrogen and oxygen atoms in total. The zero-order valence-corrected chi connectivity index (χ0v) is 22.7. The number of benzene rings is 3. The number of anilines is 1. The first kappa shape index (κ1) is 29.5. The van der Waals surface area contributed by atoms with Crippen molar-refractivity contribution in [3.05, 3.63) is 90.2 Å². The average Bonchev–Trinajstić information content (AvgIpc) is 2.90. The number of carboxylic acid groups (broad SMARTS) is 1. The molecule has 39 heavy (non-hydrogen) atoms. The molecule has 0 aromatic heterocycles. The summed E-state index contributed by atoms with van der Waals surface area (Å²) in [5.74, 6) is -2.18. The Morgan fingerprint density at radius 1 is 0.846 bits per heavy atom. The van der Waals surface area contributed by atoms with E-state index in [-0.39, 0.29) is 11.7 Å². The van der Waals surface area contributed by atoms with Gasteiger partial charge in [0.1, 0.15) is 17.9 Å². The highest BCUT2D eigenvalue weighted by Gasteiger charge is 2.35. The van der Waals surface area contributed by atoms with Crippen molar-refractivity contribution < 1.29 is 23.9 Å². The highest BCUT2D eigenvalue weighted by Crippen LogP contribution is 2.23. The maximum atomic E-state index is 13.4. The van der Waals surface area contributed by atoms with Crippen molar-refractivity contribution >= 4 is 23.5 Å². The van der Waals surface area contributed by atoms with Gasteiger partial charge in [0.15, 0.2) is 0 Å². The van der Waals surface area contributed by atoms with E-state index in [1.165, 1.54) is 19.1 Å². The summed E-state index contributed by atoms with van der Waals surface area (Å²) in [7, 11) is 0. The first-order chi connectivity index (χ1) is 18.4. The highest BCUT2D eigenvalue weighted by atomic mass is 19.1. The number of nitrogens with one attached hydrogen (secondary N) is 3. The van der Waals surface area contributed by atoms with Gasteiger partial charge in [-0.05, 0) is 66.1 Å². The zero-order chi connectivity index (χ0) is 28.6. The molecule has 3 atom stereocenters. The van der Waals surface area contributed by atoms with Gasteiger partial charge in [-0.15, -0.1) is 0 Å². The topological polar surface area (TPSA) is 108 Å². The minimum Gasteiger partial charge on any atom is -0.480 e. The molecular weight excluding hydrogens is 497 g/mol. The van der Waals surface area contributed by atoms with E-state index in [0.717, 1.165) is 16.7 Å². The summed E-state index contributed by atoms with van der Waals surface area (Å²) in [5, 5.41) is 18.0. The molecule has 3 unspecified atom stereocenters. The van der Waals surface area contributed by atoms with Crippen molar-refractivity contribution in [2.75, 3.05) is 5.32 Å². The third kappa shape index (κ3) is 8.75. The van der Waals surface area contributed by atoms with Gasteiger partial charge in [-0.25, -0.2) is 4.39 Å². The molecule has 3 rings (SSSR count). The minimum atomic E-state index is -1.08. The molecule has 0 saturated heterocycles. The fourth-order valence-electron chi connectivity index (χ4n) is 4.13. The van der Waals surface area contributed by atoms with Crippen LogP contribution in [0.4, 0.5) is 10.1 Å². The summed E-state index contributed by atoms with van der Waals surface area (Å²) in [6, 6.07) is 20.3. The number of rotatable bonds is 11. The predicted octanol–water partition coefficient (Wildman–Crippen LogP) is 5.03. The molecule has 0 aliphatic carbocycles. The van der Waals surface area contributed by atoms with Crippen LogP contribution in [0.15, 0.2) is 78.9 Å². The number of carbonyl (C=O) groups is 3. The molecule has 4 N–H and O–H groups in total. The first-order valence-corrected chi connectivity index (χ1v) is 12.9. The number of carboxylic acids is 1. The summed E-state index contributed by atoms with van der Waals surface area (Å²) < 4.78 is 13.2. The van der Waals surface area contributed by atoms with Gasteiger partial charge in [-0.2, -0.15) is 0 Å². The molecule has 0 radical (unpaired) electrons. The van der Waals surface area contributed by atoms with E-state index in [1.54, 1.807) is 36.4 Å². The Balaban J connectivity index is 1.72. The van der Waals surface area contributed by atoms with Gasteiger partial charge in [0.05, 0.1) is 6.04 Å². The number of para-hydroxylation sites is 1. The van der Waals surface area contributed by atoms with Gasteiger partial charge in [0.2, 0.25) is 11.8 Å². The Kier molecular flexibility index (Phi) is 9.95. The van der Waals surface area contributed by atoms with Crippen LogP contribution in [0, 0.1) is 11.2 Å². The van der Waals surface area contributed by atoms with Crippen molar-refractivity contribution in [3.63, 3.8) is 0 Å². The Bertz CT molecular complexity index is 1260. The van der Waals surface area contributed by atoms with Crippen molar-refractivity contribution in [1.29, 1.82) is 0 Å². The molecule has 0 heterocycles. The quantitative estimate of drug-likeness (QED) is 0.277. The van der Waals surface area contributed by atoms with Crippen LogP contribution in [0.25, 0.3) is 11.1 Å². The largest absolute Gasteiger partial charge is 0.480 e. The van der Waals surface area contributed by atoms with E-state index in [0.29, 0.717) is 18.5 Å². The zero-order valence-electron chi connectivity index (χ0n) is 22.7. The Morgan fingerprint density at radius 3 is 1.95 bits per heavy atom. The maximum absolute atomic E-state index is 13.4. The van der Waals surface area contributed by atoms with Gasteiger partial charge in [-0.3, -0.25) is 19.7 Å². The average molecular weight is 534 g/mol. The number of aliphatic carboxylic acids is 1. The highest BCUT2D eigenvalue weighted by molar-refractivity contribution is 5.98. The lowest BCUT2D eigenvalue weighted by Crippen LogP contribution is -2.57. The smallest absolute Gasteiger partial charge is 0.320 e. The third-order valence-corrected chi connectivity index (χ3v) is 6.45. The van der Waals surface area contributed by atoms with Gasteiger partial charge < -0.3 is 15.7 Å². The lowest BCUT2D eigenvalue weighted by molar-refractivity contribution is -0.139. The lowest BCUT2D eigenvalue weighted by atomic mass is 9.85. The number of hydrogen-bond acceptors (Lipinski definition) is 4. The molecule has 0 aliphatic heterocycles. The monoisotopic (exact) mass is 533 g/mol. The minimum absolute atomic E-state index is 0.297. The van der Waals surface area contributed by atoms with Crippen molar-refractivity contribution in [3.8, 4) is 11.1 Å². The summed E-state index contributed by atoms with van der Waals surface area (Å²) in [4.78, 5) is 38.1. The Hall–Kier alpha value is -4.04. The number of carbonyl (C=O) groups excluding carboxylic acids is 2. The molecule has 206 valence electrons. The normalized spacial score (nSPS) is 13.7. The first-order valence-electron chi connectivity index (χ1n) is 12.9. The van der Waals surface area contributed by atoms with Crippen molar-refractivity contribution in [2.45, 2.75) is 58.7 Å². The van der Waals surface area contributed by atoms with E-state index in [9.17, 15) is 23.9 Å². The molecule has 0 aliphatic rings. The Morgan fingerprint density at radius 2 is 1.41 bits per heavy atom. The van der Waals surface area contributed by atoms with Gasteiger partial charge in [0, 0.05) is 5.69 Å². The molecular formula is C31H36FN3O4. The second kappa shape index (κ2) is 13.2. The standard InChI is InChI=1S/C31H36FN3O4/c1-20(30(38)39)33-26(19-12-21-10-13-22(14-11-21)23-15-17-24(32)18-16-23)28(36)35-27(31(2,3)4)29(37)34-25-8-6-5-7-9-25/h5-11,13-18,20,26-27,33H,12,19H2,1-4H3,(H,34,37)(H,35,36)(H,38,39). The van der Waals surface area contributed by atoms with Gasteiger partial charge in [0.25, 0.3) is 0 Å². The van der Waals surface area contributed by atoms with Gasteiger partial charge >= 0.3 is 5.97 Å². The molecule has 2 amide bonds. The summed E-state index contributed by atoms with van der Waals surface area (Å²) in [5.41, 5.74) is 2.79. The van der Waals surface area contributed by atoms with E-state index in [2.05, 4.69) is 16.0 Å². The summed E-state index contributed by atoms with van der Waals surface area (Å²) in [6.07, 6.45) is 0.814. The maximum Gasteiger partial charge on any atom is 0.320 e. The molecule has 3 aromatic carbocycles. The number of aryl methyl sites for hydroxylation is 1.